The minimum Gasteiger partial charge on any atom is -0.294 e. The van der Waals surface area contributed by atoms with Gasteiger partial charge in [0.15, 0.2) is 5.78 Å². The zero-order valence-electron chi connectivity index (χ0n) is 10.4. The second kappa shape index (κ2) is 4.96. The number of carbonyl (C=O) groups excluding carboxylic acids is 1. The van der Waals surface area contributed by atoms with E-state index in [1.54, 1.807) is 0 Å². The van der Waals surface area contributed by atoms with Crippen molar-refractivity contribution in [2.45, 2.75) is 13.1 Å². The molecule has 1 aromatic carbocycles. The molecule has 0 N–H and O–H groups in total. The zero-order valence-corrected chi connectivity index (χ0v) is 10.4. The van der Waals surface area contributed by atoms with Gasteiger partial charge in [0.2, 0.25) is 0 Å². The van der Waals surface area contributed by atoms with E-state index >= 15 is 0 Å². The number of ketones is 1. The van der Waals surface area contributed by atoms with E-state index in [4.69, 9.17) is 0 Å². The number of pyridine rings is 1. The Morgan fingerprint density at radius 3 is 2.45 bits per heavy atom. The summed E-state index contributed by atoms with van der Waals surface area (Å²) in [6.45, 7) is 1.32. The predicted octanol–water partition coefficient (Wildman–Crippen LogP) is 3.06. The average molecular weight is 281 g/mol. The SMILES string of the molecule is CC(=O)c1ccc(=O)n(-c2cccc(C(F)(F)F)c2)c1. The standard InChI is InChI=1S/C14H10F3NO2/c1-9(19)10-5-6-13(20)18(8-10)12-4-2-3-11(7-12)14(15,16)17/h2-8H,1H3. The third-order valence-corrected chi connectivity index (χ3v) is 2.77. The van der Waals surface area contributed by atoms with Crippen LogP contribution in [-0.2, 0) is 6.18 Å². The van der Waals surface area contributed by atoms with Gasteiger partial charge in [-0.05, 0) is 31.2 Å². The van der Waals surface area contributed by atoms with Gasteiger partial charge in [-0.15, -0.1) is 0 Å². The lowest BCUT2D eigenvalue weighted by Gasteiger charge is -2.11. The van der Waals surface area contributed by atoms with E-state index in [9.17, 15) is 22.8 Å². The minimum absolute atomic E-state index is 0.0629. The molecule has 0 saturated heterocycles. The van der Waals surface area contributed by atoms with Crippen LogP contribution in [0.2, 0.25) is 0 Å². The maximum Gasteiger partial charge on any atom is 0.416 e. The third kappa shape index (κ3) is 2.79. The van der Waals surface area contributed by atoms with Crippen molar-refractivity contribution in [3.8, 4) is 5.69 Å². The van der Waals surface area contributed by atoms with Gasteiger partial charge in [0, 0.05) is 23.5 Å². The molecule has 0 aliphatic rings. The summed E-state index contributed by atoms with van der Waals surface area (Å²) in [5.74, 6) is -0.272. The Bertz CT molecular complexity index is 717. The van der Waals surface area contributed by atoms with E-state index in [-0.39, 0.29) is 17.0 Å². The fraction of sp³-hybridized carbons (Fsp3) is 0.143. The molecule has 2 rings (SSSR count). The number of carbonyl (C=O) groups is 1. The highest BCUT2D eigenvalue weighted by molar-refractivity contribution is 5.93. The fourth-order valence-electron chi connectivity index (χ4n) is 1.73. The first-order valence-corrected chi connectivity index (χ1v) is 5.70. The fourth-order valence-corrected chi connectivity index (χ4v) is 1.73. The second-order valence-electron chi connectivity index (χ2n) is 4.23. The topological polar surface area (TPSA) is 39.1 Å². The highest BCUT2D eigenvalue weighted by Crippen LogP contribution is 2.30. The van der Waals surface area contributed by atoms with Crippen LogP contribution in [0.5, 0.6) is 0 Å². The summed E-state index contributed by atoms with van der Waals surface area (Å²) < 4.78 is 39.0. The molecule has 0 aliphatic carbocycles. The summed E-state index contributed by atoms with van der Waals surface area (Å²) in [5.41, 5.74) is -1.04. The van der Waals surface area contributed by atoms with Gasteiger partial charge in [0.05, 0.1) is 5.56 Å². The molecule has 104 valence electrons. The van der Waals surface area contributed by atoms with Gasteiger partial charge < -0.3 is 0 Å². The number of hydrogen-bond donors (Lipinski definition) is 0. The third-order valence-electron chi connectivity index (χ3n) is 2.77. The molecule has 3 nitrogen and oxygen atoms in total. The lowest BCUT2D eigenvalue weighted by atomic mass is 10.1. The summed E-state index contributed by atoms with van der Waals surface area (Å²) in [7, 11) is 0. The summed E-state index contributed by atoms with van der Waals surface area (Å²) in [4.78, 5) is 23.0. The van der Waals surface area contributed by atoms with Gasteiger partial charge in [0.25, 0.3) is 5.56 Å². The number of aromatic nitrogens is 1. The van der Waals surface area contributed by atoms with E-state index in [2.05, 4.69) is 0 Å². The van der Waals surface area contributed by atoms with Crippen molar-refractivity contribution in [3.63, 3.8) is 0 Å². The summed E-state index contributed by atoms with van der Waals surface area (Å²) in [6, 6.07) is 6.87. The lowest BCUT2D eigenvalue weighted by Crippen LogP contribution is -2.18. The van der Waals surface area contributed by atoms with Crippen LogP contribution in [0, 0.1) is 0 Å². The number of alkyl halides is 3. The van der Waals surface area contributed by atoms with Crippen molar-refractivity contribution in [1.29, 1.82) is 0 Å². The molecule has 0 spiro atoms. The molecular weight excluding hydrogens is 271 g/mol. The maximum atomic E-state index is 12.7. The molecule has 0 amide bonds. The van der Waals surface area contributed by atoms with Crippen LogP contribution in [-0.4, -0.2) is 10.4 Å². The molecule has 1 heterocycles. The number of halogens is 3. The van der Waals surface area contributed by atoms with Crippen molar-refractivity contribution >= 4 is 5.78 Å². The first-order chi connectivity index (χ1) is 9.29. The van der Waals surface area contributed by atoms with Gasteiger partial charge in [-0.25, -0.2) is 0 Å². The molecule has 20 heavy (non-hydrogen) atoms. The largest absolute Gasteiger partial charge is 0.416 e. The van der Waals surface area contributed by atoms with Crippen LogP contribution in [0.3, 0.4) is 0 Å². The molecule has 6 heteroatoms. The van der Waals surface area contributed by atoms with Gasteiger partial charge >= 0.3 is 6.18 Å². The van der Waals surface area contributed by atoms with E-state index in [1.807, 2.05) is 0 Å². The Kier molecular flexibility index (Phi) is 3.48. The van der Waals surface area contributed by atoms with Crippen molar-refractivity contribution in [2.75, 3.05) is 0 Å². The van der Waals surface area contributed by atoms with Crippen LogP contribution in [0.15, 0.2) is 47.4 Å². The molecule has 0 bridgehead atoms. The first kappa shape index (κ1) is 14.0. The predicted molar refractivity (Wildman–Crippen MR) is 67.0 cm³/mol. The highest BCUT2D eigenvalue weighted by atomic mass is 19.4. The van der Waals surface area contributed by atoms with E-state index in [1.165, 1.54) is 31.3 Å². The van der Waals surface area contributed by atoms with Gasteiger partial charge in [-0.2, -0.15) is 13.2 Å². The van der Waals surface area contributed by atoms with Crippen LogP contribution in [0.4, 0.5) is 13.2 Å². The molecule has 0 aliphatic heterocycles. The number of Topliss-reactive ketones (excluding diaryl/α,β-unsaturated/α-hetero) is 1. The number of rotatable bonds is 2. The van der Waals surface area contributed by atoms with E-state index in [0.29, 0.717) is 0 Å². The number of benzene rings is 1. The quantitative estimate of drug-likeness (QED) is 0.794. The smallest absolute Gasteiger partial charge is 0.294 e. The normalized spacial score (nSPS) is 11.4. The Morgan fingerprint density at radius 1 is 1.15 bits per heavy atom. The monoisotopic (exact) mass is 281 g/mol. The zero-order chi connectivity index (χ0) is 14.9. The average Bonchev–Trinajstić information content (AvgIpc) is 2.38. The summed E-state index contributed by atoms with van der Waals surface area (Å²) in [5, 5.41) is 0. The van der Waals surface area contributed by atoms with Crippen molar-refractivity contribution in [2.24, 2.45) is 0 Å². The van der Waals surface area contributed by atoms with Crippen molar-refractivity contribution < 1.29 is 18.0 Å². The Labute approximate surface area is 112 Å². The minimum atomic E-state index is -4.49. The Balaban J connectivity index is 2.60. The highest BCUT2D eigenvalue weighted by Gasteiger charge is 2.30. The molecule has 0 atom stereocenters. The van der Waals surface area contributed by atoms with Crippen molar-refractivity contribution in [1.82, 2.24) is 4.57 Å². The number of hydrogen-bond acceptors (Lipinski definition) is 2. The van der Waals surface area contributed by atoms with Crippen LogP contribution in [0.25, 0.3) is 5.69 Å². The molecule has 0 saturated carbocycles. The maximum absolute atomic E-state index is 12.7. The van der Waals surface area contributed by atoms with E-state index < -0.39 is 17.3 Å². The van der Waals surface area contributed by atoms with Gasteiger partial charge in [0.1, 0.15) is 0 Å². The van der Waals surface area contributed by atoms with Gasteiger partial charge in [-0.1, -0.05) is 6.07 Å². The second-order valence-corrected chi connectivity index (χ2v) is 4.23. The Hall–Kier alpha value is -2.37. The number of nitrogens with zero attached hydrogens (tertiary/aromatic N) is 1. The van der Waals surface area contributed by atoms with Crippen LogP contribution in [0.1, 0.15) is 22.8 Å². The molecule has 2 aromatic rings. The molecule has 1 aromatic heterocycles. The first-order valence-electron chi connectivity index (χ1n) is 5.70. The molecule has 0 unspecified atom stereocenters. The van der Waals surface area contributed by atoms with Crippen molar-refractivity contribution in [3.05, 3.63) is 64.1 Å². The summed E-state index contributed by atoms with van der Waals surface area (Å²) in [6.07, 6.45) is -3.25. The van der Waals surface area contributed by atoms with Crippen LogP contribution >= 0.6 is 0 Å². The van der Waals surface area contributed by atoms with Gasteiger partial charge in [-0.3, -0.25) is 14.2 Å². The molecular formula is C14H10F3NO2. The lowest BCUT2D eigenvalue weighted by molar-refractivity contribution is -0.137. The van der Waals surface area contributed by atoms with E-state index in [0.717, 1.165) is 22.8 Å². The summed E-state index contributed by atoms with van der Waals surface area (Å²) >= 11 is 0. The van der Waals surface area contributed by atoms with Crippen LogP contribution < -0.4 is 5.56 Å². The molecule has 0 radical (unpaired) electrons. The Morgan fingerprint density at radius 2 is 1.85 bits per heavy atom. The molecule has 0 fully saturated rings.